The van der Waals surface area contributed by atoms with E-state index in [0.717, 1.165) is 37.8 Å². The van der Waals surface area contributed by atoms with Gasteiger partial charge in [-0.2, -0.15) is 0 Å². The van der Waals surface area contributed by atoms with Crippen LogP contribution >= 0.6 is 0 Å². The van der Waals surface area contributed by atoms with Crippen LogP contribution in [0.4, 0.5) is 5.69 Å². The van der Waals surface area contributed by atoms with Gasteiger partial charge in [-0.15, -0.1) is 0 Å². The molecule has 0 aliphatic heterocycles. The summed E-state index contributed by atoms with van der Waals surface area (Å²) in [6.07, 6.45) is 5.19. The Morgan fingerprint density at radius 3 is 3.15 bits per heavy atom. The molecule has 3 N–H and O–H groups in total. The zero-order valence-corrected chi connectivity index (χ0v) is 12.2. The minimum Gasteiger partial charge on any atom is -0.399 e. The number of fused-ring (bicyclic) bond motifs is 1. The third-order valence-corrected chi connectivity index (χ3v) is 3.69. The fraction of sp³-hybridized carbons (Fsp3) is 0.562. The largest absolute Gasteiger partial charge is 0.399 e. The number of unbranched alkanes of at least 4 members (excludes halogenated alkanes) is 1. The first-order valence-electron chi connectivity index (χ1n) is 7.46. The first-order valence-corrected chi connectivity index (χ1v) is 7.46. The monoisotopic (exact) mass is 276 g/mol. The Morgan fingerprint density at radius 1 is 1.50 bits per heavy atom. The number of nitrogens with one attached hydrogen (secondary N) is 1. The maximum absolute atomic E-state index is 11.9. The van der Waals surface area contributed by atoms with Gasteiger partial charge in [-0.05, 0) is 48.9 Å². The SMILES string of the molecule is CCCCOCC(=O)NC1CCCc2cc(N)ccc21. The number of hydrogen-bond donors (Lipinski definition) is 2. The minimum absolute atomic E-state index is 0.0317. The van der Waals surface area contributed by atoms with Gasteiger partial charge in [0.15, 0.2) is 0 Å². The fourth-order valence-electron chi connectivity index (χ4n) is 2.63. The third kappa shape index (κ3) is 3.97. The second-order valence-corrected chi connectivity index (χ2v) is 5.38. The van der Waals surface area contributed by atoms with E-state index in [0.29, 0.717) is 6.61 Å². The Hall–Kier alpha value is -1.55. The van der Waals surface area contributed by atoms with Gasteiger partial charge in [-0.25, -0.2) is 0 Å². The van der Waals surface area contributed by atoms with Gasteiger partial charge in [0.05, 0.1) is 6.04 Å². The van der Waals surface area contributed by atoms with Gasteiger partial charge in [-0.1, -0.05) is 19.4 Å². The molecule has 110 valence electrons. The van der Waals surface area contributed by atoms with Gasteiger partial charge in [0, 0.05) is 12.3 Å². The van der Waals surface area contributed by atoms with Crippen LogP contribution in [-0.2, 0) is 16.0 Å². The van der Waals surface area contributed by atoms with Crippen LogP contribution in [0.1, 0.15) is 49.8 Å². The van der Waals surface area contributed by atoms with Crippen molar-refractivity contribution in [3.63, 3.8) is 0 Å². The average molecular weight is 276 g/mol. The summed E-state index contributed by atoms with van der Waals surface area (Å²) in [4.78, 5) is 11.9. The van der Waals surface area contributed by atoms with Gasteiger partial charge in [0.25, 0.3) is 0 Å². The number of ether oxygens (including phenoxy) is 1. The van der Waals surface area contributed by atoms with Crippen LogP contribution in [-0.4, -0.2) is 19.1 Å². The van der Waals surface area contributed by atoms with Crippen molar-refractivity contribution in [2.45, 2.75) is 45.1 Å². The van der Waals surface area contributed by atoms with Crippen molar-refractivity contribution in [3.05, 3.63) is 29.3 Å². The zero-order chi connectivity index (χ0) is 14.4. The number of anilines is 1. The minimum atomic E-state index is -0.0317. The van der Waals surface area contributed by atoms with Crippen LogP contribution in [0.3, 0.4) is 0 Å². The summed E-state index contributed by atoms with van der Waals surface area (Å²) in [6.45, 7) is 2.91. The van der Waals surface area contributed by atoms with E-state index in [4.69, 9.17) is 10.5 Å². The maximum atomic E-state index is 11.9. The number of aryl methyl sites for hydroxylation is 1. The van der Waals surface area contributed by atoms with Crippen molar-refractivity contribution >= 4 is 11.6 Å². The zero-order valence-electron chi connectivity index (χ0n) is 12.2. The van der Waals surface area contributed by atoms with E-state index in [1.807, 2.05) is 18.2 Å². The molecule has 4 nitrogen and oxygen atoms in total. The lowest BCUT2D eigenvalue weighted by Crippen LogP contribution is -2.33. The van der Waals surface area contributed by atoms with E-state index in [2.05, 4.69) is 12.2 Å². The summed E-state index contributed by atoms with van der Waals surface area (Å²) in [6, 6.07) is 6.06. The highest BCUT2D eigenvalue weighted by atomic mass is 16.5. The van der Waals surface area contributed by atoms with E-state index in [-0.39, 0.29) is 18.6 Å². The molecule has 1 aliphatic carbocycles. The van der Waals surface area contributed by atoms with Crippen molar-refractivity contribution in [1.29, 1.82) is 0 Å². The molecule has 0 saturated heterocycles. The molecule has 1 atom stereocenters. The second kappa shape index (κ2) is 7.29. The lowest BCUT2D eigenvalue weighted by Gasteiger charge is -2.26. The highest BCUT2D eigenvalue weighted by Crippen LogP contribution is 2.30. The smallest absolute Gasteiger partial charge is 0.246 e. The summed E-state index contributed by atoms with van der Waals surface area (Å²) in [5, 5.41) is 3.07. The number of nitrogen functional groups attached to an aromatic ring is 1. The third-order valence-electron chi connectivity index (χ3n) is 3.69. The molecule has 0 radical (unpaired) electrons. The summed E-state index contributed by atoms with van der Waals surface area (Å²) in [5.74, 6) is -0.0317. The summed E-state index contributed by atoms with van der Waals surface area (Å²) in [7, 11) is 0. The van der Waals surface area contributed by atoms with Gasteiger partial charge >= 0.3 is 0 Å². The molecule has 1 amide bonds. The Morgan fingerprint density at radius 2 is 2.35 bits per heavy atom. The van der Waals surface area contributed by atoms with Gasteiger partial charge in [-0.3, -0.25) is 4.79 Å². The number of carbonyl (C=O) groups is 1. The van der Waals surface area contributed by atoms with E-state index >= 15 is 0 Å². The molecule has 4 heteroatoms. The van der Waals surface area contributed by atoms with Crippen molar-refractivity contribution < 1.29 is 9.53 Å². The van der Waals surface area contributed by atoms with Crippen LogP contribution in [0.2, 0.25) is 0 Å². The molecule has 0 heterocycles. The standard InChI is InChI=1S/C16H24N2O2/c1-2-3-9-20-11-16(19)18-15-6-4-5-12-10-13(17)7-8-14(12)15/h7-8,10,15H,2-6,9,11,17H2,1H3,(H,18,19). The molecule has 1 unspecified atom stereocenters. The molecule has 1 aromatic rings. The van der Waals surface area contributed by atoms with Crippen molar-refractivity contribution in [1.82, 2.24) is 5.32 Å². The first kappa shape index (κ1) is 14.9. The molecule has 0 fully saturated rings. The van der Waals surface area contributed by atoms with Crippen LogP contribution < -0.4 is 11.1 Å². The highest BCUT2D eigenvalue weighted by Gasteiger charge is 2.21. The molecule has 20 heavy (non-hydrogen) atoms. The molecule has 0 saturated carbocycles. The molecular weight excluding hydrogens is 252 g/mol. The van der Waals surface area contributed by atoms with E-state index in [9.17, 15) is 4.79 Å². The lowest BCUT2D eigenvalue weighted by molar-refractivity contribution is -0.126. The molecule has 0 spiro atoms. The molecule has 0 aromatic heterocycles. The van der Waals surface area contributed by atoms with Crippen LogP contribution in [0.25, 0.3) is 0 Å². The second-order valence-electron chi connectivity index (χ2n) is 5.38. The van der Waals surface area contributed by atoms with Crippen LogP contribution in [0.15, 0.2) is 18.2 Å². The number of hydrogen-bond acceptors (Lipinski definition) is 3. The maximum Gasteiger partial charge on any atom is 0.246 e. The molecule has 2 rings (SSSR count). The van der Waals surface area contributed by atoms with Crippen molar-refractivity contribution in [3.8, 4) is 0 Å². The number of nitrogens with two attached hydrogens (primary N) is 1. The van der Waals surface area contributed by atoms with Crippen LogP contribution in [0, 0.1) is 0 Å². The Bertz CT molecular complexity index is 460. The number of amides is 1. The highest BCUT2D eigenvalue weighted by molar-refractivity contribution is 5.77. The quantitative estimate of drug-likeness (QED) is 0.620. The summed E-state index contributed by atoms with van der Waals surface area (Å²) < 4.78 is 5.35. The fourth-order valence-corrected chi connectivity index (χ4v) is 2.63. The van der Waals surface area contributed by atoms with E-state index < -0.39 is 0 Å². The summed E-state index contributed by atoms with van der Waals surface area (Å²) in [5.41, 5.74) is 9.06. The predicted octanol–water partition coefficient (Wildman–Crippen LogP) is 2.58. The Kier molecular flexibility index (Phi) is 5.41. The molecular formula is C16H24N2O2. The van der Waals surface area contributed by atoms with Gasteiger partial charge < -0.3 is 15.8 Å². The normalized spacial score (nSPS) is 17.6. The first-order chi connectivity index (χ1) is 9.70. The van der Waals surface area contributed by atoms with Gasteiger partial charge in [0.2, 0.25) is 5.91 Å². The van der Waals surface area contributed by atoms with E-state index in [1.54, 1.807) is 0 Å². The number of carbonyl (C=O) groups excluding carboxylic acids is 1. The Labute approximate surface area is 120 Å². The van der Waals surface area contributed by atoms with E-state index in [1.165, 1.54) is 11.1 Å². The molecule has 0 bridgehead atoms. The number of rotatable bonds is 6. The molecule has 1 aromatic carbocycles. The molecule has 1 aliphatic rings. The predicted molar refractivity (Wildman–Crippen MR) is 80.4 cm³/mol. The summed E-state index contributed by atoms with van der Waals surface area (Å²) >= 11 is 0. The van der Waals surface area contributed by atoms with Crippen LogP contribution in [0.5, 0.6) is 0 Å². The average Bonchev–Trinajstić information content (AvgIpc) is 2.43. The van der Waals surface area contributed by atoms with Crippen molar-refractivity contribution in [2.75, 3.05) is 18.9 Å². The number of benzene rings is 1. The van der Waals surface area contributed by atoms with Gasteiger partial charge in [0.1, 0.15) is 6.61 Å². The van der Waals surface area contributed by atoms with Crippen molar-refractivity contribution in [2.24, 2.45) is 0 Å². The lowest BCUT2D eigenvalue weighted by atomic mass is 9.87. The Balaban J connectivity index is 1.89. The topological polar surface area (TPSA) is 64.3 Å².